The number of methoxy groups -OCH3 is 1. The third-order valence-electron chi connectivity index (χ3n) is 3.17. The van der Waals surface area contributed by atoms with Gasteiger partial charge in [-0.2, -0.15) is 0 Å². The van der Waals surface area contributed by atoms with E-state index in [0.29, 0.717) is 11.3 Å². The lowest BCUT2D eigenvalue weighted by atomic mass is 10.1. The highest BCUT2D eigenvalue weighted by molar-refractivity contribution is 6.33. The number of benzene rings is 2. The number of halogens is 1. The number of nitrogens with one attached hydrogen (secondary N) is 1. The van der Waals surface area contributed by atoms with E-state index in [1.165, 1.54) is 43.5 Å². The summed E-state index contributed by atoms with van der Waals surface area (Å²) in [6.45, 7) is 0. The zero-order valence-corrected chi connectivity index (χ0v) is 13.4. The summed E-state index contributed by atoms with van der Waals surface area (Å²) in [4.78, 5) is 33.7. The Balaban J connectivity index is 2.07. The number of carbonyl (C=O) groups excluding carboxylic acids is 2. The van der Waals surface area contributed by atoms with Gasteiger partial charge in [0.15, 0.2) is 0 Å². The average Bonchev–Trinajstić information content (AvgIpc) is 2.56. The number of ether oxygens (including phenoxy) is 1. The van der Waals surface area contributed by atoms with Crippen molar-refractivity contribution in [2.45, 2.75) is 6.42 Å². The van der Waals surface area contributed by atoms with Gasteiger partial charge in [-0.15, -0.1) is 0 Å². The highest BCUT2D eigenvalue weighted by Crippen LogP contribution is 2.21. The van der Waals surface area contributed by atoms with Crippen LogP contribution in [0.25, 0.3) is 0 Å². The van der Waals surface area contributed by atoms with E-state index >= 15 is 0 Å². The van der Waals surface area contributed by atoms with Crippen molar-refractivity contribution in [2.75, 3.05) is 12.4 Å². The Bertz CT molecular complexity index is 790. The fourth-order valence-corrected chi connectivity index (χ4v) is 2.19. The van der Waals surface area contributed by atoms with Crippen molar-refractivity contribution < 1.29 is 19.2 Å². The summed E-state index contributed by atoms with van der Waals surface area (Å²) in [6, 6.07) is 10.2. The maximum absolute atomic E-state index is 12.0. The molecular weight excluding hydrogens is 336 g/mol. The molecule has 2 aromatic rings. The lowest BCUT2D eigenvalue weighted by Crippen LogP contribution is -2.15. The number of hydrogen-bond donors (Lipinski definition) is 1. The molecule has 0 spiro atoms. The molecule has 0 radical (unpaired) electrons. The number of nitro benzene ring substituents is 1. The van der Waals surface area contributed by atoms with Crippen LogP contribution >= 0.6 is 11.6 Å². The van der Waals surface area contributed by atoms with Gasteiger partial charge in [-0.3, -0.25) is 14.9 Å². The molecule has 0 aliphatic carbocycles. The summed E-state index contributed by atoms with van der Waals surface area (Å²) in [6.07, 6.45) is 0.0359. The van der Waals surface area contributed by atoms with Crippen molar-refractivity contribution in [3.05, 3.63) is 68.7 Å². The Hall–Kier alpha value is -2.93. The molecular formula is C16H13ClN2O5. The molecule has 0 saturated heterocycles. The topological polar surface area (TPSA) is 98.5 Å². The SMILES string of the molecule is COC(=O)c1cc(NC(=O)Cc2ccc([N+](=O)[O-])cc2)ccc1Cl. The summed E-state index contributed by atoms with van der Waals surface area (Å²) >= 11 is 5.91. The summed E-state index contributed by atoms with van der Waals surface area (Å²) in [5.74, 6) is -0.937. The molecule has 0 atom stereocenters. The van der Waals surface area contributed by atoms with Gasteiger partial charge in [0.05, 0.1) is 29.0 Å². The zero-order chi connectivity index (χ0) is 17.7. The van der Waals surface area contributed by atoms with Crippen LogP contribution in [0.15, 0.2) is 42.5 Å². The van der Waals surface area contributed by atoms with Gasteiger partial charge in [-0.1, -0.05) is 23.7 Å². The number of anilines is 1. The van der Waals surface area contributed by atoms with Crippen LogP contribution in [-0.2, 0) is 16.0 Å². The van der Waals surface area contributed by atoms with Crippen LogP contribution in [0, 0.1) is 10.1 Å². The van der Waals surface area contributed by atoms with Gasteiger partial charge in [0.2, 0.25) is 5.91 Å². The van der Waals surface area contributed by atoms with E-state index in [2.05, 4.69) is 10.1 Å². The zero-order valence-electron chi connectivity index (χ0n) is 12.6. The van der Waals surface area contributed by atoms with Crippen LogP contribution < -0.4 is 5.32 Å². The van der Waals surface area contributed by atoms with E-state index in [9.17, 15) is 19.7 Å². The van der Waals surface area contributed by atoms with Crippen LogP contribution in [0.4, 0.5) is 11.4 Å². The molecule has 0 bridgehead atoms. The normalized spacial score (nSPS) is 10.1. The van der Waals surface area contributed by atoms with Crippen molar-refractivity contribution in [3.63, 3.8) is 0 Å². The Kier molecular flexibility index (Phi) is 5.49. The molecule has 124 valence electrons. The first-order valence-corrected chi connectivity index (χ1v) is 7.19. The van der Waals surface area contributed by atoms with Gasteiger partial charge in [0, 0.05) is 17.8 Å². The quantitative estimate of drug-likeness (QED) is 0.508. The molecule has 7 nitrogen and oxygen atoms in total. The number of carbonyl (C=O) groups is 2. The highest BCUT2D eigenvalue weighted by Gasteiger charge is 2.13. The lowest BCUT2D eigenvalue weighted by Gasteiger charge is -2.08. The molecule has 0 aliphatic rings. The van der Waals surface area contributed by atoms with Gasteiger partial charge >= 0.3 is 5.97 Å². The standard InChI is InChI=1S/C16H13ClN2O5/c1-24-16(21)13-9-11(4-7-14(13)17)18-15(20)8-10-2-5-12(6-3-10)19(22)23/h2-7,9H,8H2,1H3,(H,18,20). The fraction of sp³-hybridized carbons (Fsp3) is 0.125. The second-order valence-electron chi connectivity index (χ2n) is 4.83. The molecule has 0 fully saturated rings. The molecule has 0 heterocycles. The molecule has 2 aromatic carbocycles. The largest absolute Gasteiger partial charge is 0.465 e. The third-order valence-corrected chi connectivity index (χ3v) is 3.50. The number of hydrogen-bond acceptors (Lipinski definition) is 5. The number of nitrogens with zero attached hydrogens (tertiary/aromatic N) is 1. The second kappa shape index (κ2) is 7.56. The number of non-ortho nitro benzene ring substituents is 1. The van der Waals surface area contributed by atoms with Gasteiger partial charge < -0.3 is 10.1 Å². The van der Waals surface area contributed by atoms with Crippen LogP contribution in [0.3, 0.4) is 0 Å². The summed E-state index contributed by atoms with van der Waals surface area (Å²) < 4.78 is 4.61. The first-order chi connectivity index (χ1) is 11.4. The molecule has 1 amide bonds. The van der Waals surface area contributed by atoms with E-state index in [0.717, 1.165) is 0 Å². The molecule has 2 rings (SSSR count). The summed E-state index contributed by atoms with van der Waals surface area (Å²) in [5.41, 5.74) is 1.12. The van der Waals surface area contributed by atoms with Crippen molar-refractivity contribution in [1.29, 1.82) is 0 Å². The predicted octanol–water partition coefficient (Wildman–Crippen LogP) is 3.22. The number of nitro groups is 1. The van der Waals surface area contributed by atoms with Crippen LogP contribution in [-0.4, -0.2) is 23.9 Å². The van der Waals surface area contributed by atoms with E-state index < -0.39 is 10.9 Å². The van der Waals surface area contributed by atoms with Crippen LogP contribution in [0.1, 0.15) is 15.9 Å². The third kappa shape index (κ3) is 4.30. The highest BCUT2D eigenvalue weighted by atomic mass is 35.5. The maximum Gasteiger partial charge on any atom is 0.339 e. The number of esters is 1. The van der Waals surface area contributed by atoms with Crippen molar-refractivity contribution in [2.24, 2.45) is 0 Å². The minimum atomic E-state index is -0.605. The Morgan fingerprint density at radius 1 is 1.21 bits per heavy atom. The number of rotatable bonds is 5. The lowest BCUT2D eigenvalue weighted by molar-refractivity contribution is -0.384. The second-order valence-corrected chi connectivity index (χ2v) is 5.24. The molecule has 24 heavy (non-hydrogen) atoms. The predicted molar refractivity (Wildman–Crippen MR) is 88.2 cm³/mol. The van der Waals surface area contributed by atoms with Gasteiger partial charge in [-0.05, 0) is 23.8 Å². The Labute approximate surface area is 142 Å². The average molecular weight is 349 g/mol. The molecule has 1 N–H and O–H groups in total. The fourth-order valence-electron chi connectivity index (χ4n) is 2.00. The molecule has 0 saturated carbocycles. The monoisotopic (exact) mass is 348 g/mol. The van der Waals surface area contributed by atoms with E-state index in [1.54, 1.807) is 6.07 Å². The minimum absolute atomic E-state index is 0.0359. The van der Waals surface area contributed by atoms with E-state index in [-0.39, 0.29) is 28.6 Å². The van der Waals surface area contributed by atoms with Crippen LogP contribution in [0.5, 0.6) is 0 Å². The van der Waals surface area contributed by atoms with Crippen molar-refractivity contribution in [3.8, 4) is 0 Å². The minimum Gasteiger partial charge on any atom is -0.465 e. The van der Waals surface area contributed by atoms with Gasteiger partial charge in [0.25, 0.3) is 5.69 Å². The number of amides is 1. The molecule has 0 aliphatic heterocycles. The first kappa shape index (κ1) is 17.4. The van der Waals surface area contributed by atoms with Gasteiger partial charge in [0.1, 0.15) is 0 Å². The first-order valence-electron chi connectivity index (χ1n) is 6.81. The van der Waals surface area contributed by atoms with E-state index in [4.69, 9.17) is 11.6 Å². The van der Waals surface area contributed by atoms with Crippen LogP contribution in [0.2, 0.25) is 5.02 Å². The Morgan fingerprint density at radius 3 is 2.46 bits per heavy atom. The summed E-state index contributed by atoms with van der Waals surface area (Å²) in [7, 11) is 1.23. The Morgan fingerprint density at radius 2 is 1.88 bits per heavy atom. The van der Waals surface area contributed by atoms with E-state index in [1.807, 2.05) is 0 Å². The molecule has 0 aromatic heterocycles. The van der Waals surface area contributed by atoms with Crippen molar-refractivity contribution >= 4 is 34.9 Å². The maximum atomic E-state index is 12.0. The smallest absolute Gasteiger partial charge is 0.339 e. The van der Waals surface area contributed by atoms with Crippen molar-refractivity contribution in [1.82, 2.24) is 0 Å². The summed E-state index contributed by atoms with van der Waals surface area (Å²) in [5, 5.41) is 13.4. The molecule has 8 heteroatoms. The van der Waals surface area contributed by atoms with Gasteiger partial charge in [-0.25, -0.2) is 4.79 Å². The molecule has 0 unspecified atom stereocenters.